The summed E-state index contributed by atoms with van der Waals surface area (Å²) in [5.74, 6) is 1.04. The summed E-state index contributed by atoms with van der Waals surface area (Å²) in [6.45, 7) is 0. The monoisotopic (exact) mass is 190 g/mol. The maximum Gasteiger partial charge on any atom is 0.182 e. The molecule has 0 bridgehead atoms. The van der Waals surface area contributed by atoms with Crippen LogP contribution in [0.3, 0.4) is 0 Å². The number of hydrogen-bond donors (Lipinski definition) is 0. The minimum atomic E-state index is 0.249. The van der Waals surface area contributed by atoms with Crippen LogP contribution in [0.4, 0.5) is 0 Å². The summed E-state index contributed by atoms with van der Waals surface area (Å²) in [6.07, 6.45) is 5.39. The second kappa shape index (κ2) is 3.54. The van der Waals surface area contributed by atoms with E-state index in [1.54, 1.807) is 6.20 Å². The van der Waals surface area contributed by atoms with Crippen molar-refractivity contribution >= 4 is 0 Å². The fourth-order valence-corrected chi connectivity index (χ4v) is 1.13. The molecule has 0 aromatic carbocycles. The van der Waals surface area contributed by atoms with E-state index in [1.807, 2.05) is 6.07 Å². The number of ether oxygens (including phenoxy) is 2. The molecule has 0 saturated heterocycles. The molecule has 14 heavy (non-hydrogen) atoms. The minimum Gasteiger partial charge on any atom is -0.491 e. The van der Waals surface area contributed by atoms with Gasteiger partial charge in [0.25, 0.3) is 0 Å². The maximum atomic E-state index is 8.85. The molecule has 1 aliphatic carbocycles. The van der Waals surface area contributed by atoms with Gasteiger partial charge in [0.15, 0.2) is 11.5 Å². The second-order valence-electron chi connectivity index (χ2n) is 3.15. The molecule has 0 spiro atoms. The van der Waals surface area contributed by atoms with Crippen LogP contribution in [0.1, 0.15) is 18.4 Å². The normalized spacial score (nSPS) is 14.6. The van der Waals surface area contributed by atoms with Gasteiger partial charge in [-0.05, 0) is 12.8 Å². The third kappa shape index (κ3) is 1.62. The third-order valence-corrected chi connectivity index (χ3v) is 2.01. The molecule has 1 fully saturated rings. The number of methoxy groups -OCH3 is 1. The number of nitrogens with zero attached hydrogens (tertiary/aromatic N) is 2. The Balaban J connectivity index is 2.35. The van der Waals surface area contributed by atoms with Crippen molar-refractivity contribution in [1.29, 1.82) is 5.26 Å². The first-order chi connectivity index (χ1) is 6.85. The fraction of sp³-hybridized carbons (Fsp3) is 0.400. The summed E-state index contributed by atoms with van der Waals surface area (Å²) in [6, 6.07) is 2.04. The highest BCUT2D eigenvalue weighted by molar-refractivity contribution is 5.50. The van der Waals surface area contributed by atoms with E-state index in [-0.39, 0.29) is 6.10 Å². The van der Waals surface area contributed by atoms with Crippen molar-refractivity contribution in [3.05, 3.63) is 18.0 Å². The number of rotatable bonds is 3. The Labute approximate surface area is 82.1 Å². The molecule has 0 amide bonds. The van der Waals surface area contributed by atoms with Crippen molar-refractivity contribution in [3.8, 4) is 17.6 Å². The number of pyridine rings is 1. The van der Waals surface area contributed by atoms with Gasteiger partial charge in [0.2, 0.25) is 0 Å². The Bertz CT molecular complexity index is 380. The van der Waals surface area contributed by atoms with Crippen molar-refractivity contribution in [1.82, 2.24) is 4.98 Å². The topological polar surface area (TPSA) is 55.1 Å². The van der Waals surface area contributed by atoms with E-state index in [0.717, 1.165) is 12.8 Å². The summed E-state index contributed by atoms with van der Waals surface area (Å²) >= 11 is 0. The SMILES string of the molecule is COc1cncc(C#N)c1OC1CC1. The van der Waals surface area contributed by atoms with Gasteiger partial charge in [0.1, 0.15) is 11.6 Å². The summed E-state index contributed by atoms with van der Waals surface area (Å²) in [5, 5.41) is 8.85. The molecule has 0 radical (unpaired) electrons. The van der Waals surface area contributed by atoms with E-state index in [4.69, 9.17) is 14.7 Å². The largest absolute Gasteiger partial charge is 0.491 e. The van der Waals surface area contributed by atoms with E-state index < -0.39 is 0 Å². The Morgan fingerprint density at radius 2 is 2.29 bits per heavy atom. The third-order valence-electron chi connectivity index (χ3n) is 2.01. The van der Waals surface area contributed by atoms with Gasteiger partial charge in [-0.2, -0.15) is 5.26 Å². The van der Waals surface area contributed by atoms with E-state index >= 15 is 0 Å². The molecular formula is C10H10N2O2. The zero-order valence-corrected chi connectivity index (χ0v) is 7.86. The first-order valence-electron chi connectivity index (χ1n) is 4.44. The van der Waals surface area contributed by atoms with Crippen LogP contribution in [0.5, 0.6) is 11.5 Å². The van der Waals surface area contributed by atoms with E-state index in [9.17, 15) is 0 Å². The molecule has 0 aliphatic heterocycles. The zero-order valence-electron chi connectivity index (χ0n) is 7.86. The number of nitriles is 1. The summed E-state index contributed by atoms with van der Waals surface area (Å²) in [7, 11) is 1.54. The average Bonchev–Trinajstić information content (AvgIpc) is 3.02. The molecule has 1 saturated carbocycles. The molecule has 4 heteroatoms. The quantitative estimate of drug-likeness (QED) is 0.724. The molecule has 0 atom stereocenters. The Hall–Kier alpha value is -1.76. The minimum absolute atomic E-state index is 0.249. The molecule has 72 valence electrons. The number of hydrogen-bond acceptors (Lipinski definition) is 4. The van der Waals surface area contributed by atoms with Gasteiger partial charge >= 0.3 is 0 Å². The molecule has 1 aromatic heterocycles. The van der Waals surface area contributed by atoms with E-state index in [2.05, 4.69) is 4.98 Å². The van der Waals surface area contributed by atoms with Crippen LogP contribution in [0, 0.1) is 11.3 Å². The molecule has 1 aliphatic rings. The number of aromatic nitrogens is 1. The molecule has 0 unspecified atom stereocenters. The highest BCUT2D eigenvalue weighted by Crippen LogP contribution is 2.35. The van der Waals surface area contributed by atoms with Gasteiger partial charge in [0, 0.05) is 6.20 Å². The van der Waals surface area contributed by atoms with Gasteiger partial charge in [-0.25, -0.2) is 0 Å². The highest BCUT2D eigenvalue weighted by Gasteiger charge is 2.26. The van der Waals surface area contributed by atoms with Crippen LogP contribution < -0.4 is 9.47 Å². The van der Waals surface area contributed by atoms with Crippen molar-refractivity contribution in [2.45, 2.75) is 18.9 Å². The standard InChI is InChI=1S/C10H10N2O2/c1-13-9-6-12-5-7(4-11)10(9)14-8-2-3-8/h5-6,8H,2-3H2,1H3. The van der Waals surface area contributed by atoms with E-state index in [0.29, 0.717) is 17.1 Å². The lowest BCUT2D eigenvalue weighted by molar-refractivity contribution is 0.280. The van der Waals surface area contributed by atoms with Gasteiger partial charge in [-0.15, -0.1) is 0 Å². The van der Waals surface area contributed by atoms with Gasteiger partial charge in [-0.1, -0.05) is 0 Å². The molecule has 1 aromatic rings. The lowest BCUT2D eigenvalue weighted by Gasteiger charge is -2.09. The summed E-state index contributed by atoms with van der Waals surface area (Å²) < 4.78 is 10.7. The molecule has 2 rings (SSSR count). The van der Waals surface area contributed by atoms with Crippen molar-refractivity contribution in [2.24, 2.45) is 0 Å². The fourth-order valence-electron chi connectivity index (χ4n) is 1.13. The molecular weight excluding hydrogens is 180 g/mol. The summed E-state index contributed by atoms with van der Waals surface area (Å²) in [5.41, 5.74) is 0.427. The van der Waals surface area contributed by atoms with Crippen LogP contribution in [-0.2, 0) is 0 Å². The van der Waals surface area contributed by atoms with Crippen LogP contribution in [0.25, 0.3) is 0 Å². The van der Waals surface area contributed by atoms with Crippen molar-refractivity contribution in [2.75, 3.05) is 7.11 Å². The van der Waals surface area contributed by atoms with Crippen LogP contribution in [0.2, 0.25) is 0 Å². The predicted octanol–water partition coefficient (Wildman–Crippen LogP) is 1.50. The van der Waals surface area contributed by atoms with Gasteiger partial charge in [-0.3, -0.25) is 4.98 Å². The van der Waals surface area contributed by atoms with Crippen LogP contribution >= 0.6 is 0 Å². The van der Waals surface area contributed by atoms with Gasteiger partial charge in [0.05, 0.1) is 19.4 Å². The molecule has 4 nitrogen and oxygen atoms in total. The van der Waals surface area contributed by atoms with Crippen molar-refractivity contribution in [3.63, 3.8) is 0 Å². The highest BCUT2D eigenvalue weighted by atomic mass is 16.5. The Morgan fingerprint density at radius 1 is 1.50 bits per heavy atom. The lowest BCUT2D eigenvalue weighted by Crippen LogP contribution is -2.01. The molecule has 1 heterocycles. The van der Waals surface area contributed by atoms with Crippen molar-refractivity contribution < 1.29 is 9.47 Å². The average molecular weight is 190 g/mol. The van der Waals surface area contributed by atoms with Crippen LogP contribution in [0.15, 0.2) is 12.4 Å². The Morgan fingerprint density at radius 3 is 2.86 bits per heavy atom. The first kappa shape index (κ1) is 8.82. The molecule has 0 N–H and O–H groups in total. The van der Waals surface area contributed by atoms with Gasteiger partial charge < -0.3 is 9.47 Å². The lowest BCUT2D eigenvalue weighted by atomic mass is 10.2. The Kier molecular flexibility index (Phi) is 2.23. The van der Waals surface area contributed by atoms with E-state index in [1.165, 1.54) is 13.3 Å². The maximum absolute atomic E-state index is 8.85. The van der Waals surface area contributed by atoms with Crippen LogP contribution in [-0.4, -0.2) is 18.2 Å². The smallest absolute Gasteiger partial charge is 0.182 e. The summed E-state index contributed by atoms with van der Waals surface area (Å²) in [4.78, 5) is 3.89. The first-order valence-corrected chi connectivity index (χ1v) is 4.44. The predicted molar refractivity (Wildman–Crippen MR) is 49.2 cm³/mol. The zero-order chi connectivity index (χ0) is 9.97. The second-order valence-corrected chi connectivity index (χ2v) is 3.15.